The van der Waals surface area contributed by atoms with Gasteiger partial charge in [0.05, 0.1) is 0 Å². The van der Waals surface area contributed by atoms with Crippen LogP contribution in [0.3, 0.4) is 0 Å². The van der Waals surface area contributed by atoms with E-state index in [0.717, 1.165) is 16.7 Å². The highest BCUT2D eigenvalue weighted by atomic mass is 31.1. The lowest BCUT2D eigenvalue weighted by atomic mass is 9.97. The Bertz CT molecular complexity index is 624. The summed E-state index contributed by atoms with van der Waals surface area (Å²) < 4.78 is 15.8. The maximum atomic E-state index is 10.7. The molecule has 0 N–H and O–H groups in total. The second kappa shape index (κ2) is 6.73. The van der Waals surface area contributed by atoms with Crippen LogP contribution in [0.4, 0.5) is 0 Å². The highest BCUT2D eigenvalue weighted by molar-refractivity contribution is 7.17. The van der Waals surface area contributed by atoms with E-state index in [9.17, 15) is 4.57 Å². The third kappa shape index (κ3) is 3.22. The van der Waals surface area contributed by atoms with Crippen LogP contribution in [-0.4, -0.2) is 0 Å². The van der Waals surface area contributed by atoms with E-state index >= 15 is 0 Å². The van der Waals surface area contributed by atoms with Gasteiger partial charge in [0.15, 0.2) is 0 Å². The molecular weight excluding hydrogens is 255 g/mol. The Morgan fingerprint density at radius 2 is 1.89 bits per heavy atom. The molecule has 2 aromatic rings. The smallest absolute Gasteiger partial charge is 0.395 e. The molecule has 0 radical (unpaired) electrons. The molecule has 0 aliphatic heterocycles. The van der Waals surface area contributed by atoms with Crippen molar-refractivity contribution in [1.82, 2.24) is 0 Å². The fourth-order valence-corrected chi connectivity index (χ4v) is 2.19. The van der Waals surface area contributed by atoms with Gasteiger partial charge in [-0.25, -0.2) is 4.57 Å². The maximum Gasteiger partial charge on any atom is 0.395 e. The first-order valence-corrected chi connectivity index (χ1v) is 6.66. The molecule has 0 aliphatic rings. The van der Waals surface area contributed by atoms with Crippen molar-refractivity contribution in [3.05, 3.63) is 54.1 Å². The molecule has 0 saturated carbocycles. The Balaban J connectivity index is 2.55. The normalized spacial score (nSPS) is 9.74. The molecule has 19 heavy (non-hydrogen) atoms. The number of benzene rings is 2. The molecule has 0 fully saturated rings. The van der Waals surface area contributed by atoms with Crippen molar-refractivity contribution < 1.29 is 9.09 Å². The maximum absolute atomic E-state index is 10.7. The summed E-state index contributed by atoms with van der Waals surface area (Å²) in [6.07, 6.45) is 0.576. The van der Waals surface area contributed by atoms with Crippen molar-refractivity contribution in [2.75, 3.05) is 0 Å². The van der Waals surface area contributed by atoms with E-state index in [1.165, 1.54) is 0 Å². The van der Waals surface area contributed by atoms with Gasteiger partial charge in [0, 0.05) is 12.0 Å². The van der Waals surface area contributed by atoms with E-state index in [2.05, 4.69) is 11.8 Å². The van der Waals surface area contributed by atoms with Crippen LogP contribution < -0.4 is 4.52 Å². The summed E-state index contributed by atoms with van der Waals surface area (Å²) >= 11 is 0. The van der Waals surface area contributed by atoms with Crippen LogP contribution in [-0.2, 0) is 11.0 Å². The lowest BCUT2D eigenvalue weighted by Gasteiger charge is -2.11. The zero-order valence-corrected chi connectivity index (χ0v) is 11.5. The van der Waals surface area contributed by atoms with E-state index in [0.29, 0.717) is 12.2 Å². The summed E-state index contributed by atoms with van der Waals surface area (Å²) in [5.41, 5.74) is 3.12. The van der Waals surface area contributed by atoms with Gasteiger partial charge < -0.3 is 4.52 Å². The van der Waals surface area contributed by atoms with Gasteiger partial charge >= 0.3 is 8.69 Å². The first kappa shape index (κ1) is 13.3. The average Bonchev–Trinajstić information content (AvgIpc) is 2.47. The van der Waals surface area contributed by atoms with E-state index in [4.69, 9.17) is 4.52 Å². The van der Waals surface area contributed by atoms with Crippen molar-refractivity contribution in [2.24, 2.45) is 0 Å². The van der Waals surface area contributed by atoms with E-state index in [-0.39, 0.29) is 8.69 Å². The van der Waals surface area contributed by atoms with Crippen LogP contribution in [0, 0.1) is 11.8 Å². The molecule has 0 saturated heterocycles. The van der Waals surface area contributed by atoms with Gasteiger partial charge in [-0.2, -0.15) is 0 Å². The van der Waals surface area contributed by atoms with Crippen molar-refractivity contribution in [3.63, 3.8) is 0 Å². The summed E-state index contributed by atoms with van der Waals surface area (Å²) in [4.78, 5) is 0. The molecule has 3 heteroatoms. The fraction of sp³-hybridized carbons (Fsp3) is 0.125. The van der Waals surface area contributed by atoms with Crippen LogP contribution in [0.25, 0.3) is 11.1 Å². The van der Waals surface area contributed by atoms with Crippen LogP contribution in [0.15, 0.2) is 48.5 Å². The molecule has 0 spiro atoms. The molecule has 0 heterocycles. The van der Waals surface area contributed by atoms with Crippen LogP contribution >= 0.6 is 8.69 Å². The molecule has 0 amide bonds. The van der Waals surface area contributed by atoms with Crippen molar-refractivity contribution >= 4 is 8.69 Å². The molecule has 94 valence electrons. The number of rotatable bonds is 4. The van der Waals surface area contributed by atoms with Crippen LogP contribution in [0.2, 0.25) is 0 Å². The molecule has 0 atom stereocenters. The lowest BCUT2D eigenvalue weighted by molar-refractivity contribution is 0.523. The number of hydrogen-bond donors (Lipinski definition) is 0. The van der Waals surface area contributed by atoms with E-state index in [1.54, 1.807) is 6.92 Å². The Kier molecular flexibility index (Phi) is 4.72. The molecule has 2 nitrogen and oxygen atoms in total. The van der Waals surface area contributed by atoms with Crippen molar-refractivity contribution in [1.29, 1.82) is 0 Å². The average molecular weight is 268 g/mol. The minimum Gasteiger partial charge on any atom is -0.407 e. The standard InChI is InChI=1S/C16H13O2P/c1-2-3-10-15-14(13-8-5-4-6-9-13)11-7-12-16(15)18-19-17/h4-9,11-12H,10H2,1H3. The van der Waals surface area contributed by atoms with Crippen molar-refractivity contribution in [2.45, 2.75) is 13.3 Å². The minimum absolute atomic E-state index is 0.350. The molecule has 0 aliphatic carbocycles. The summed E-state index contributed by atoms with van der Waals surface area (Å²) in [5.74, 6) is 6.53. The Labute approximate surface area is 114 Å². The third-order valence-electron chi connectivity index (χ3n) is 2.80. The van der Waals surface area contributed by atoms with Gasteiger partial charge in [-0.15, -0.1) is 5.92 Å². The second-order valence-electron chi connectivity index (χ2n) is 3.92. The zero-order valence-electron chi connectivity index (χ0n) is 10.6. The Hall–Kier alpha value is -2.10. The van der Waals surface area contributed by atoms with Gasteiger partial charge in [-0.05, 0) is 24.1 Å². The first-order chi connectivity index (χ1) is 9.36. The van der Waals surface area contributed by atoms with E-state index < -0.39 is 0 Å². The number of hydrogen-bond acceptors (Lipinski definition) is 2. The van der Waals surface area contributed by atoms with Gasteiger partial charge in [-0.1, -0.05) is 48.4 Å². The van der Waals surface area contributed by atoms with Crippen molar-refractivity contribution in [3.8, 4) is 28.7 Å². The fourth-order valence-electron chi connectivity index (χ4n) is 1.94. The molecule has 0 aromatic heterocycles. The molecule has 2 rings (SSSR count). The lowest BCUT2D eigenvalue weighted by Crippen LogP contribution is -1.92. The summed E-state index contributed by atoms with van der Waals surface area (Å²) in [6, 6.07) is 15.8. The predicted molar refractivity (Wildman–Crippen MR) is 77.3 cm³/mol. The van der Waals surface area contributed by atoms with E-state index in [1.807, 2.05) is 48.5 Å². The SMILES string of the molecule is CC#CCc1c(OP=O)cccc1-c1ccccc1. The molecule has 0 unspecified atom stereocenters. The topological polar surface area (TPSA) is 26.3 Å². The Morgan fingerprint density at radius 1 is 1.11 bits per heavy atom. The summed E-state index contributed by atoms with van der Waals surface area (Å²) in [6.45, 7) is 1.80. The molecule has 2 aromatic carbocycles. The summed E-state index contributed by atoms with van der Waals surface area (Å²) in [5, 5.41) is 0. The van der Waals surface area contributed by atoms with Gasteiger partial charge in [0.25, 0.3) is 0 Å². The predicted octanol–water partition coefficient (Wildman–Crippen LogP) is 4.50. The van der Waals surface area contributed by atoms with Gasteiger partial charge in [0.1, 0.15) is 5.75 Å². The van der Waals surface area contributed by atoms with Crippen LogP contribution in [0.5, 0.6) is 5.75 Å². The van der Waals surface area contributed by atoms with Gasteiger partial charge in [0.2, 0.25) is 0 Å². The third-order valence-corrected chi connectivity index (χ3v) is 3.07. The monoisotopic (exact) mass is 268 g/mol. The summed E-state index contributed by atoms with van der Waals surface area (Å²) in [7, 11) is -0.350. The minimum atomic E-state index is -0.350. The highest BCUT2D eigenvalue weighted by Crippen LogP contribution is 2.32. The highest BCUT2D eigenvalue weighted by Gasteiger charge is 2.10. The quantitative estimate of drug-likeness (QED) is 0.602. The molecular formula is C16H13O2P. The second-order valence-corrected chi connectivity index (χ2v) is 4.25. The first-order valence-electron chi connectivity index (χ1n) is 5.93. The van der Waals surface area contributed by atoms with Crippen LogP contribution in [0.1, 0.15) is 12.5 Å². The Morgan fingerprint density at radius 3 is 2.58 bits per heavy atom. The largest absolute Gasteiger partial charge is 0.407 e. The molecule has 0 bridgehead atoms. The zero-order chi connectivity index (χ0) is 13.5. The van der Waals surface area contributed by atoms with Gasteiger partial charge in [-0.3, -0.25) is 0 Å².